The quantitative estimate of drug-likeness (QED) is 0.755. The molecule has 0 radical (unpaired) electrons. The monoisotopic (exact) mass is 247 g/mol. The fourth-order valence-corrected chi connectivity index (χ4v) is 1.39. The summed E-state index contributed by atoms with van der Waals surface area (Å²) in [5, 5.41) is 19.2. The second-order valence-corrected chi connectivity index (χ2v) is 3.43. The molecule has 92 valence electrons. The van der Waals surface area contributed by atoms with Crippen molar-refractivity contribution < 1.29 is 14.9 Å². The molecule has 0 spiro atoms. The number of aliphatic hydroxyl groups excluding tert-OH is 1. The van der Waals surface area contributed by atoms with Gasteiger partial charge < -0.3 is 20.7 Å². The van der Waals surface area contributed by atoms with Crippen molar-refractivity contribution in [2.24, 2.45) is 5.73 Å². The third-order valence-electron chi connectivity index (χ3n) is 2.43. The van der Waals surface area contributed by atoms with Gasteiger partial charge in [0, 0.05) is 5.56 Å². The van der Waals surface area contributed by atoms with Crippen LogP contribution in [-0.4, -0.2) is 23.4 Å². The molecule has 1 rings (SSSR count). The van der Waals surface area contributed by atoms with E-state index in [-0.39, 0.29) is 18.2 Å². The van der Waals surface area contributed by atoms with Gasteiger partial charge in [-0.3, -0.25) is 0 Å². The van der Waals surface area contributed by atoms with Crippen LogP contribution in [0.15, 0.2) is 18.2 Å². The maximum Gasteiger partial charge on any atom is 0.120 e. The number of phenolic OH excluding ortho intramolecular Hbond substituents is 1. The molecular formula is C11H18ClNO3. The number of benzene rings is 1. The van der Waals surface area contributed by atoms with E-state index in [9.17, 15) is 10.2 Å². The standard InChI is InChI=1S/C11H17NO3.ClH/c1-3-9(13)11(12)8-6-7(15-2)4-5-10(8)14;/h4-6,9,11,13-14H,3,12H2,1-2H3;1H/t9-,11+;/m0./s1. The van der Waals surface area contributed by atoms with Gasteiger partial charge in [-0.25, -0.2) is 0 Å². The molecule has 0 aliphatic carbocycles. The number of aromatic hydroxyl groups is 1. The summed E-state index contributed by atoms with van der Waals surface area (Å²) in [6.45, 7) is 1.84. The van der Waals surface area contributed by atoms with Crippen LogP contribution in [0, 0.1) is 0 Å². The van der Waals surface area contributed by atoms with Crippen molar-refractivity contribution in [3.05, 3.63) is 23.8 Å². The topological polar surface area (TPSA) is 75.7 Å². The zero-order valence-electron chi connectivity index (χ0n) is 9.38. The number of methoxy groups -OCH3 is 1. The van der Waals surface area contributed by atoms with Gasteiger partial charge in [0.1, 0.15) is 11.5 Å². The highest BCUT2D eigenvalue weighted by molar-refractivity contribution is 5.85. The van der Waals surface area contributed by atoms with Crippen LogP contribution in [0.3, 0.4) is 0 Å². The Bertz CT molecular complexity index is 333. The van der Waals surface area contributed by atoms with Gasteiger partial charge >= 0.3 is 0 Å². The third-order valence-corrected chi connectivity index (χ3v) is 2.43. The van der Waals surface area contributed by atoms with Gasteiger partial charge in [0.05, 0.1) is 19.3 Å². The van der Waals surface area contributed by atoms with Gasteiger partial charge in [0.25, 0.3) is 0 Å². The van der Waals surface area contributed by atoms with Crippen LogP contribution in [0.5, 0.6) is 11.5 Å². The molecular weight excluding hydrogens is 230 g/mol. The maximum absolute atomic E-state index is 9.60. The van der Waals surface area contributed by atoms with Crippen molar-refractivity contribution in [3.63, 3.8) is 0 Å². The summed E-state index contributed by atoms with van der Waals surface area (Å²) in [6, 6.07) is 4.20. The van der Waals surface area contributed by atoms with Crippen molar-refractivity contribution in [2.75, 3.05) is 7.11 Å². The van der Waals surface area contributed by atoms with E-state index in [1.165, 1.54) is 13.2 Å². The smallest absolute Gasteiger partial charge is 0.120 e. The minimum atomic E-state index is -0.664. The Morgan fingerprint density at radius 2 is 2.06 bits per heavy atom. The maximum atomic E-state index is 9.60. The van der Waals surface area contributed by atoms with Crippen molar-refractivity contribution in [1.29, 1.82) is 0 Å². The highest BCUT2D eigenvalue weighted by Crippen LogP contribution is 2.29. The number of nitrogens with two attached hydrogens (primary N) is 1. The van der Waals surface area contributed by atoms with Crippen molar-refractivity contribution >= 4 is 12.4 Å². The Balaban J connectivity index is 0.00000225. The SMILES string of the molecule is CC[C@H](O)[C@H](N)c1cc(OC)ccc1O.Cl. The predicted molar refractivity (Wildman–Crippen MR) is 65.1 cm³/mol. The highest BCUT2D eigenvalue weighted by Gasteiger charge is 2.18. The molecule has 0 aliphatic rings. The molecule has 4 N–H and O–H groups in total. The number of hydrogen-bond acceptors (Lipinski definition) is 4. The molecule has 2 atom stereocenters. The second-order valence-electron chi connectivity index (χ2n) is 3.43. The van der Waals surface area contributed by atoms with E-state index >= 15 is 0 Å². The number of ether oxygens (including phenoxy) is 1. The molecule has 0 saturated carbocycles. The molecule has 0 aromatic heterocycles. The van der Waals surface area contributed by atoms with Crippen LogP contribution in [0.2, 0.25) is 0 Å². The normalized spacial score (nSPS) is 13.8. The molecule has 0 aliphatic heterocycles. The summed E-state index contributed by atoms with van der Waals surface area (Å²) in [5.41, 5.74) is 6.31. The fourth-order valence-electron chi connectivity index (χ4n) is 1.39. The van der Waals surface area contributed by atoms with Gasteiger partial charge in [0.15, 0.2) is 0 Å². The molecule has 4 nitrogen and oxygen atoms in total. The summed E-state index contributed by atoms with van der Waals surface area (Å²) in [6.07, 6.45) is -0.124. The number of phenols is 1. The largest absolute Gasteiger partial charge is 0.508 e. The van der Waals surface area contributed by atoms with Crippen molar-refractivity contribution in [3.8, 4) is 11.5 Å². The lowest BCUT2D eigenvalue weighted by atomic mass is 9.99. The van der Waals surface area contributed by atoms with Crippen LogP contribution in [0.4, 0.5) is 0 Å². The number of hydrogen-bond donors (Lipinski definition) is 3. The Labute approximate surface area is 101 Å². The predicted octanol–water partition coefficient (Wildman–Crippen LogP) is 1.59. The lowest BCUT2D eigenvalue weighted by molar-refractivity contribution is 0.139. The molecule has 0 bridgehead atoms. The second kappa shape index (κ2) is 6.58. The van der Waals surface area contributed by atoms with Gasteiger partial charge in [-0.05, 0) is 24.6 Å². The molecule has 16 heavy (non-hydrogen) atoms. The molecule has 5 heteroatoms. The first-order valence-electron chi connectivity index (χ1n) is 4.90. The van der Waals surface area contributed by atoms with Gasteiger partial charge in [-0.2, -0.15) is 0 Å². The minimum Gasteiger partial charge on any atom is -0.508 e. The fraction of sp³-hybridized carbons (Fsp3) is 0.455. The summed E-state index contributed by atoms with van der Waals surface area (Å²) < 4.78 is 5.03. The van der Waals surface area contributed by atoms with Crippen LogP contribution in [0.25, 0.3) is 0 Å². The average molecular weight is 248 g/mol. The van der Waals surface area contributed by atoms with Gasteiger partial charge in [0.2, 0.25) is 0 Å². The van der Waals surface area contributed by atoms with E-state index in [0.717, 1.165) is 0 Å². The Morgan fingerprint density at radius 3 is 2.56 bits per heavy atom. The van der Waals surface area contributed by atoms with E-state index in [2.05, 4.69) is 0 Å². The molecule has 1 aromatic rings. The number of aliphatic hydroxyl groups is 1. The molecule has 1 aromatic carbocycles. The summed E-state index contributed by atoms with van der Waals surface area (Å²) >= 11 is 0. The Morgan fingerprint density at radius 1 is 1.44 bits per heavy atom. The summed E-state index contributed by atoms with van der Waals surface area (Å²) in [7, 11) is 1.54. The van der Waals surface area contributed by atoms with Gasteiger partial charge in [-0.1, -0.05) is 6.92 Å². The van der Waals surface area contributed by atoms with Crippen LogP contribution in [0.1, 0.15) is 24.9 Å². The van der Waals surface area contributed by atoms with Crippen molar-refractivity contribution in [1.82, 2.24) is 0 Å². The van der Waals surface area contributed by atoms with Crippen LogP contribution in [-0.2, 0) is 0 Å². The molecule has 0 unspecified atom stereocenters. The lowest BCUT2D eigenvalue weighted by Crippen LogP contribution is -2.25. The first kappa shape index (κ1) is 15.0. The van der Waals surface area contributed by atoms with Crippen LogP contribution < -0.4 is 10.5 Å². The molecule has 0 amide bonds. The Hall–Kier alpha value is -0.970. The average Bonchev–Trinajstić information content (AvgIpc) is 2.27. The van der Waals surface area contributed by atoms with E-state index in [1.807, 2.05) is 6.92 Å². The molecule has 0 fully saturated rings. The van der Waals surface area contributed by atoms with Crippen LogP contribution >= 0.6 is 12.4 Å². The zero-order chi connectivity index (χ0) is 11.4. The highest BCUT2D eigenvalue weighted by atomic mass is 35.5. The van der Waals surface area contributed by atoms with E-state index in [1.54, 1.807) is 12.1 Å². The zero-order valence-corrected chi connectivity index (χ0v) is 10.2. The molecule has 0 saturated heterocycles. The third kappa shape index (κ3) is 3.27. The first-order chi connectivity index (χ1) is 7.10. The van der Waals surface area contributed by atoms with E-state index in [0.29, 0.717) is 17.7 Å². The lowest BCUT2D eigenvalue weighted by Gasteiger charge is -2.19. The summed E-state index contributed by atoms with van der Waals surface area (Å²) in [4.78, 5) is 0. The molecule has 0 heterocycles. The Kier molecular flexibility index (Phi) is 6.18. The number of halogens is 1. The number of rotatable bonds is 4. The van der Waals surface area contributed by atoms with Crippen molar-refractivity contribution in [2.45, 2.75) is 25.5 Å². The van der Waals surface area contributed by atoms with E-state index in [4.69, 9.17) is 10.5 Å². The van der Waals surface area contributed by atoms with E-state index < -0.39 is 12.1 Å². The summed E-state index contributed by atoms with van der Waals surface area (Å²) in [5.74, 6) is 0.692. The van der Waals surface area contributed by atoms with Gasteiger partial charge in [-0.15, -0.1) is 12.4 Å². The first-order valence-corrected chi connectivity index (χ1v) is 4.90. The minimum absolute atomic E-state index is 0.